The van der Waals surface area contributed by atoms with Gasteiger partial charge in [0.2, 0.25) is 0 Å². The molecule has 1 aliphatic rings. The van der Waals surface area contributed by atoms with Crippen molar-refractivity contribution in [2.75, 3.05) is 13.2 Å². The zero-order valence-electron chi connectivity index (χ0n) is 12.7. The van der Waals surface area contributed by atoms with E-state index in [4.69, 9.17) is 4.74 Å². The van der Waals surface area contributed by atoms with E-state index < -0.39 is 0 Å². The predicted molar refractivity (Wildman–Crippen MR) is 79.6 cm³/mol. The Hall–Kier alpha value is -1.66. The Morgan fingerprint density at radius 2 is 2.24 bits per heavy atom. The van der Waals surface area contributed by atoms with Crippen LogP contribution >= 0.6 is 0 Å². The SMILES string of the molecule is CCn1cc([C@H]2OCC[C@@H]2CNCc2cnn(C)c2)cn1. The summed E-state index contributed by atoms with van der Waals surface area (Å²) in [7, 11) is 1.94. The minimum absolute atomic E-state index is 0.173. The Morgan fingerprint density at radius 1 is 1.33 bits per heavy atom. The van der Waals surface area contributed by atoms with Crippen LogP contribution in [-0.2, 0) is 24.9 Å². The highest BCUT2D eigenvalue weighted by Gasteiger charge is 2.30. The van der Waals surface area contributed by atoms with Crippen LogP contribution in [0.5, 0.6) is 0 Å². The van der Waals surface area contributed by atoms with Crippen molar-refractivity contribution < 1.29 is 4.74 Å². The summed E-state index contributed by atoms with van der Waals surface area (Å²) in [5.41, 5.74) is 2.41. The van der Waals surface area contributed by atoms with E-state index in [1.54, 1.807) is 0 Å². The van der Waals surface area contributed by atoms with Gasteiger partial charge in [0.25, 0.3) is 0 Å². The lowest BCUT2D eigenvalue weighted by molar-refractivity contribution is 0.0904. The van der Waals surface area contributed by atoms with Gasteiger partial charge < -0.3 is 10.1 Å². The van der Waals surface area contributed by atoms with Crippen LogP contribution < -0.4 is 5.32 Å². The molecule has 6 heteroatoms. The van der Waals surface area contributed by atoms with Crippen molar-refractivity contribution in [3.05, 3.63) is 35.9 Å². The van der Waals surface area contributed by atoms with Gasteiger partial charge in [-0.1, -0.05) is 0 Å². The molecule has 0 aliphatic carbocycles. The number of hydrogen-bond donors (Lipinski definition) is 1. The van der Waals surface area contributed by atoms with Gasteiger partial charge in [-0.25, -0.2) is 0 Å². The van der Waals surface area contributed by atoms with Crippen LogP contribution in [-0.4, -0.2) is 32.7 Å². The summed E-state index contributed by atoms with van der Waals surface area (Å²) in [5, 5.41) is 12.0. The number of aromatic nitrogens is 4. The van der Waals surface area contributed by atoms with Crippen molar-refractivity contribution in [2.24, 2.45) is 13.0 Å². The molecule has 0 saturated carbocycles. The quantitative estimate of drug-likeness (QED) is 0.875. The van der Waals surface area contributed by atoms with Gasteiger partial charge in [0.1, 0.15) is 0 Å². The van der Waals surface area contributed by atoms with Gasteiger partial charge in [0.05, 0.1) is 18.5 Å². The first-order valence-corrected chi connectivity index (χ1v) is 7.58. The predicted octanol–water partition coefficient (Wildman–Crippen LogP) is 1.50. The van der Waals surface area contributed by atoms with Crippen LogP contribution in [0.4, 0.5) is 0 Å². The molecular formula is C15H23N5O. The minimum Gasteiger partial charge on any atom is -0.373 e. The zero-order valence-corrected chi connectivity index (χ0v) is 12.7. The molecule has 0 aromatic carbocycles. The first-order chi connectivity index (χ1) is 10.3. The Bertz CT molecular complexity index is 576. The van der Waals surface area contributed by atoms with E-state index in [1.165, 1.54) is 11.1 Å². The number of ether oxygens (including phenoxy) is 1. The van der Waals surface area contributed by atoms with Crippen molar-refractivity contribution in [2.45, 2.75) is 32.5 Å². The van der Waals surface area contributed by atoms with E-state index >= 15 is 0 Å². The standard InChI is InChI=1S/C15H23N5O/c1-3-20-11-14(9-18-20)15-13(4-5-21-15)8-16-6-12-7-17-19(2)10-12/h7,9-11,13,15-16H,3-6,8H2,1-2H3/t13-,15+/m1/s1. The van der Waals surface area contributed by atoms with Crippen LogP contribution in [0.2, 0.25) is 0 Å². The largest absolute Gasteiger partial charge is 0.373 e. The minimum atomic E-state index is 0.173. The molecule has 1 saturated heterocycles. The van der Waals surface area contributed by atoms with Crippen LogP contribution in [0, 0.1) is 5.92 Å². The molecule has 3 heterocycles. The van der Waals surface area contributed by atoms with Crippen LogP contribution in [0.3, 0.4) is 0 Å². The molecule has 1 fully saturated rings. The van der Waals surface area contributed by atoms with Gasteiger partial charge in [-0.05, 0) is 13.3 Å². The van der Waals surface area contributed by atoms with Crippen LogP contribution in [0.1, 0.15) is 30.6 Å². The highest BCUT2D eigenvalue weighted by molar-refractivity contribution is 5.11. The highest BCUT2D eigenvalue weighted by atomic mass is 16.5. The van der Waals surface area contributed by atoms with Crippen molar-refractivity contribution in [3.63, 3.8) is 0 Å². The lowest BCUT2D eigenvalue weighted by Crippen LogP contribution is -2.24. The molecule has 0 bridgehead atoms. The third-order valence-electron chi connectivity index (χ3n) is 4.01. The van der Waals surface area contributed by atoms with Crippen molar-refractivity contribution in [3.8, 4) is 0 Å². The molecule has 2 aromatic rings. The van der Waals surface area contributed by atoms with Gasteiger partial charge >= 0.3 is 0 Å². The van der Waals surface area contributed by atoms with Gasteiger partial charge in [0, 0.05) is 62.7 Å². The first kappa shape index (κ1) is 14.3. The summed E-state index contributed by atoms with van der Waals surface area (Å²) in [6, 6.07) is 0. The summed E-state index contributed by atoms with van der Waals surface area (Å²) in [6.07, 6.45) is 9.26. The highest BCUT2D eigenvalue weighted by Crippen LogP contribution is 2.33. The second kappa shape index (κ2) is 6.41. The topological polar surface area (TPSA) is 56.9 Å². The maximum atomic E-state index is 5.91. The molecule has 0 radical (unpaired) electrons. The van der Waals surface area contributed by atoms with E-state index in [0.29, 0.717) is 5.92 Å². The van der Waals surface area contributed by atoms with Crippen molar-refractivity contribution in [1.82, 2.24) is 24.9 Å². The van der Waals surface area contributed by atoms with E-state index in [0.717, 1.165) is 32.7 Å². The molecule has 2 aromatic heterocycles. The number of aryl methyl sites for hydroxylation is 2. The van der Waals surface area contributed by atoms with Gasteiger partial charge in [-0.15, -0.1) is 0 Å². The monoisotopic (exact) mass is 289 g/mol. The Kier molecular flexibility index (Phi) is 4.36. The van der Waals surface area contributed by atoms with Crippen LogP contribution in [0.25, 0.3) is 0 Å². The number of rotatable bonds is 6. The Morgan fingerprint density at radius 3 is 2.95 bits per heavy atom. The summed E-state index contributed by atoms with van der Waals surface area (Å²) < 4.78 is 9.69. The lowest BCUT2D eigenvalue weighted by Gasteiger charge is -2.17. The fraction of sp³-hybridized carbons (Fsp3) is 0.600. The molecule has 2 atom stereocenters. The molecule has 1 N–H and O–H groups in total. The molecule has 21 heavy (non-hydrogen) atoms. The molecular weight excluding hydrogens is 266 g/mol. The number of nitrogens with one attached hydrogen (secondary N) is 1. The number of nitrogens with zero attached hydrogens (tertiary/aromatic N) is 4. The summed E-state index contributed by atoms with van der Waals surface area (Å²) in [4.78, 5) is 0. The summed E-state index contributed by atoms with van der Waals surface area (Å²) in [6.45, 7) is 5.64. The maximum absolute atomic E-state index is 5.91. The van der Waals surface area contributed by atoms with Crippen LogP contribution in [0.15, 0.2) is 24.8 Å². The van der Waals surface area contributed by atoms with E-state index in [9.17, 15) is 0 Å². The van der Waals surface area contributed by atoms with Gasteiger partial charge in [-0.3, -0.25) is 9.36 Å². The summed E-state index contributed by atoms with van der Waals surface area (Å²) in [5.74, 6) is 0.510. The second-order valence-corrected chi connectivity index (χ2v) is 5.62. The average molecular weight is 289 g/mol. The molecule has 0 spiro atoms. The van der Waals surface area contributed by atoms with Gasteiger partial charge in [0.15, 0.2) is 0 Å². The fourth-order valence-electron chi connectivity index (χ4n) is 2.88. The zero-order chi connectivity index (χ0) is 14.7. The third-order valence-corrected chi connectivity index (χ3v) is 4.01. The normalized spacial score (nSPS) is 22.0. The van der Waals surface area contributed by atoms with E-state index in [-0.39, 0.29) is 6.10 Å². The summed E-state index contributed by atoms with van der Waals surface area (Å²) >= 11 is 0. The Balaban J connectivity index is 1.54. The maximum Gasteiger partial charge on any atom is 0.0896 e. The smallest absolute Gasteiger partial charge is 0.0896 e. The van der Waals surface area contributed by atoms with Gasteiger partial charge in [-0.2, -0.15) is 10.2 Å². The number of hydrogen-bond acceptors (Lipinski definition) is 4. The molecule has 1 aliphatic heterocycles. The van der Waals surface area contributed by atoms with Crippen molar-refractivity contribution >= 4 is 0 Å². The molecule has 0 amide bonds. The van der Waals surface area contributed by atoms with E-state index in [1.807, 2.05) is 35.0 Å². The first-order valence-electron chi connectivity index (χ1n) is 7.58. The second-order valence-electron chi connectivity index (χ2n) is 5.62. The molecule has 3 rings (SSSR count). The Labute approximate surface area is 125 Å². The molecule has 114 valence electrons. The average Bonchev–Trinajstić information content (AvgIpc) is 3.19. The fourth-order valence-corrected chi connectivity index (χ4v) is 2.88. The molecule has 0 unspecified atom stereocenters. The lowest BCUT2D eigenvalue weighted by atomic mass is 9.97. The van der Waals surface area contributed by atoms with E-state index in [2.05, 4.69) is 28.6 Å². The van der Waals surface area contributed by atoms with Crippen molar-refractivity contribution in [1.29, 1.82) is 0 Å². The third kappa shape index (κ3) is 3.33. The molecule has 6 nitrogen and oxygen atoms in total.